The molecule has 2 aromatic heterocycles. The first kappa shape index (κ1) is 17.3. The summed E-state index contributed by atoms with van der Waals surface area (Å²) in [6, 6.07) is 3.74. The summed E-state index contributed by atoms with van der Waals surface area (Å²) in [5.41, 5.74) is 1.50. The molecule has 0 radical (unpaired) electrons. The molecule has 0 atom stereocenters. The average molecular weight is 367 g/mol. The number of ether oxygens (including phenoxy) is 2. The molecular weight excluding hydrogens is 346 g/mol. The van der Waals surface area contributed by atoms with Crippen molar-refractivity contribution in [2.24, 2.45) is 0 Å². The third-order valence-electron chi connectivity index (χ3n) is 4.76. The molecule has 0 aliphatic carbocycles. The zero-order valence-corrected chi connectivity index (χ0v) is 15.2. The Kier molecular flexibility index (Phi) is 4.66. The first-order valence-corrected chi connectivity index (χ1v) is 9.21. The van der Waals surface area contributed by atoms with E-state index < -0.39 is 11.8 Å². The summed E-state index contributed by atoms with van der Waals surface area (Å²) in [7, 11) is 0. The second-order valence-corrected chi connectivity index (χ2v) is 6.53. The number of likely N-dealkylation sites (tertiary alicyclic amines) is 1. The molecule has 1 fully saturated rings. The smallest absolute Gasteiger partial charge is 0.347 e. The van der Waals surface area contributed by atoms with Gasteiger partial charge in [-0.15, -0.1) is 0 Å². The monoisotopic (exact) mass is 367 g/mol. The number of nitrogens with zero attached hydrogens (tertiary/aromatic N) is 2. The van der Waals surface area contributed by atoms with Crippen molar-refractivity contribution in [3.05, 3.63) is 47.3 Å². The summed E-state index contributed by atoms with van der Waals surface area (Å²) >= 11 is 0. The number of piperidine rings is 1. The number of Topliss-reactive ketones (excluding diaryl/α,β-unsaturated/α-hetero) is 1. The molecule has 2 aliphatic heterocycles. The topological polar surface area (TPSA) is 84.5 Å². The Balaban J connectivity index is 1.70. The molecule has 0 unspecified atom stereocenters. The van der Waals surface area contributed by atoms with E-state index in [1.807, 2.05) is 17.0 Å². The van der Waals surface area contributed by atoms with Gasteiger partial charge in [0, 0.05) is 36.4 Å². The van der Waals surface area contributed by atoms with Crippen LogP contribution in [0.1, 0.15) is 31.7 Å². The second kappa shape index (κ2) is 7.26. The molecule has 1 saturated heterocycles. The molecule has 0 bridgehead atoms. The van der Waals surface area contributed by atoms with E-state index in [1.54, 1.807) is 25.4 Å². The Morgan fingerprint density at radius 1 is 1.37 bits per heavy atom. The lowest BCUT2D eigenvalue weighted by atomic mass is 10.1. The van der Waals surface area contributed by atoms with Crippen molar-refractivity contribution in [2.45, 2.75) is 26.2 Å². The van der Waals surface area contributed by atoms with Gasteiger partial charge in [-0.05, 0) is 44.4 Å². The number of nitrogens with one attached hydrogen (secondary N) is 1. The van der Waals surface area contributed by atoms with Gasteiger partial charge in [0.05, 0.1) is 6.61 Å². The van der Waals surface area contributed by atoms with E-state index in [0.29, 0.717) is 5.88 Å². The number of hydrogen-bond acceptors (Lipinski definition) is 6. The largest absolute Gasteiger partial charge is 0.462 e. The minimum absolute atomic E-state index is 0.0111. The molecule has 7 heteroatoms. The maximum atomic E-state index is 12.9. The van der Waals surface area contributed by atoms with Crippen LogP contribution in [0.5, 0.6) is 0 Å². The van der Waals surface area contributed by atoms with Crippen LogP contribution in [0.4, 0.5) is 0 Å². The molecule has 27 heavy (non-hydrogen) atoms. The number of rotatable bonds is 4. The molecule has 1 N–H and O–H groups in total. The summed E-state index contributed by atoms with van der Waals surface area (Å²) in [6.07, 6.45) is 8.26. The lowest BCUT2D eigenvalue weighted by Gasteiger charge is -2.28. The van der Waals surface area contributed by atoms with E-state index in [2.05, 4.69) is 9.97 Å². The maximum Gasteiger partial charge on any atom is 0.347 e. The number of hydrogen-bond donors (Lipinski definition) is 1. The van der Waals surface area contributed by atoms with E-state index in [1.165, 1.54) is 0 Å². The number of pyridine rings is 1. The third-order valence-corrected chi connectivity index (χ3v) is 4.76. The van der Waals surface area contributed by atoms with Crippen molar-refractivity contribution in [1.29, 1.82) is 0 Å². The number of fused-ring (bicyclic) bond motifs is 1. The van der Waals surface area contributed by atoms with Crippen molar-refractivity contribution in [2.75, 3.05) is 19.7 Å². The van der Waals surface area contributed by atoms with Gasteiger partial charge < -0.3 is 19.4 Å². The highest BCUT2D eigenvalue weighted by Gasteiger charge is 2.39. The van der Waals surface area contributed by atoms with Crippen LogP contribution in [-0.4, -0.2) is 46.3 Å². The summed E-state index contributed by atoms with van der Waals surface area (Å²) < 4.78 is 11.0. The molecule has 7 nitrogen and oxygen atoms in total. The number of ketones is 1. The number of esters is 1. The molecule has 0 aromatic carbocycles. The van der Waals surface area contributed by atoms with E-state index in [0.717, 1.165) is 48.9 Å². The Morgan fingerprint density at radius 3 is 2.96 bits per heavy atom. The predicted octanol–water partition coefficient (Wildman–Crippen LogP) is 2.76. The van der Waals surface area contributed by atoms with Crippen LogP contribution >= 0.6 is 0 Å². The quantitative estimate of drug-likeness (QED) is 0.508. The second-order valence-electron chi connectivity index (χ2n) is 6.53. The fraction of sp³-hybridized carbons (Fsp3) is 0.350. The van der Waals surface area contributed by atoms with Crippen LogP contribution in [0.2, 0.25) is 0 Å². The third kappa shape index (κ3) is 3.20. The molecule has 2 aromatic rings. The zero-order chi connectivity index (χ0) is 18.8. The lowest BCUT2D eigenvalue weighted by Crippen LogP contribution is -2.31. The van der Waals surface area contributed by atoms with Crippen LogP contribution in [-0.2, 0) is 19.1 Å². The highest BCUT2D eigenvalue weighted by Crippen LogP contribution is 2.32. The van der Waals surface area contributed by atoms with E-state index in [4.69, 9.17) is 9.47 Å². The molecule has 0 amide bonds. The van der Waals surface area contributed by atoms with Gasteiger partial charge in [0.15, 0.2) is 11.3 Å². The van der Waals surface area contributed by atoms with Crippen molar-refractivity contribution in [3.8, 4) is 0 Å². The molecule has 4 rings (SSSR count). The predicted molar refractivity (Wildman–Crippen MR) is 99.2 cm³/mol. The van der Waals surface area contributed by atoms with Crippen molar-refractivity contribution in [1.82, 2.24) is 14.9 Å². The summed E-state index contributed by atoms with van der Waals surface area (Å²) in [4.78, 5) is 34.6. The molecule has 0 spiro atoms. The van der Waals surface area contributed by atoms with Gasteiger partial charge in [-0.2, -0.15) is 0 Å². The van der Waals surface area contributed by atoms with Crippen LogP contribution < -0.4 is 0 Å². The lowest BCUT2D eigenvalue weighted by molar-refractivity contribution is -0.139. The van der Waals surface area contributed by atoms with Crippen molar-refractivity contribution >= 4 is 28.9 Å². The van der Waals surface area contributed by atoms with Crippen molar-refractivity contribution in [3.63, 3.8) is 0 Å². The number of allylic oxidation sites excluding steroid dienone is 1. The zero-order valence-electron chi connectivity index (χ0n) is 15.2. The van der Waals surface area contributed by atoms with Gasteiger partial charge in [-0.3, -0.25) is 4.79 Å². The highest BCUT2D eigenvalue weighted by atomic mass is 16.5. The fourth-order valence-electron chi connectivity index (χ4n) is 3.46. The summed E-state index contributed by atoms with van der Waals surface area (Å²) in [6.45, 7) is 3.44. The van der Waals surface area contributed by atoms with E-state index in [-0.39, 0.29) is 17.9 Å². The maximum absolute atomic E-state index is 12.9. The average Bonchev–Trinajstić information content (AvgIpc) is 3.25. The number of aromatic amines is 1. The molecule has 0 saturated carbocycles. The molecule has 2 aliphatic rings. The standard InChI is InChI=1S/C20H21N3O4/c1-2-26-20(25)16-17(24)15(27-19(16)23-9-4-3-5-10-23)11-13-12-22-18-14(13)7-6-8-21-18/h6-8,11-12H,2-5,9-10H2,1H3,(H,21,22). The first-order chi connectivity index (χ1) is 13.2. The van der Waals surface area contributed by atoms with Crippen LogP contribution in [0.3, 0.4) is 0 Å². The van der Waals surface area contributed by atoms with Gasteiger partial charge >= 0.3 is 5.97 Å². The number of carbonyl (C=O) groups excluding carboxylic acids is 2. The molecular formula is C20H21N3O4. The van der Waals surface area contributed by atoms with Crippen LogP contribution in [0.25, 0.3) is 17.1 Å². The van der Waals surface area contributed by atoms with Gasteiger partial charge in [-0.1, -0.05) is 0 Å². The first-order valence-electron chi connectivity index (χ1n) is 9.21. The Labute approximate surface area is 156 Å². The van der Waals surface area contributed by atoms with E-state index >= 15 is 0 Å². The normalized spacial score (nSPS) is 19.1. The van der Waals surface area contributed by atoms with Gasteiger partial charge in [0.1, 0.15) is 5.65 Å². The Morgan fingerprint density at radius 2 is 2.19 bits per heavy atom. The fourth-order valence-corrected chi connectivity index (χ4v) is 3.46. The van der Waals surface area contributed by atoms with Gasteiger partial charge in [0.2, 0.25) is 11.7 Å². The minimum atomic E-state index is -0.632. The Bertz CT molecular complexity index is 951. The van der Waals surface area contributed by atoms with Crippen LogP contribution in [0, 0.1) is 0 Å². The van der Waals surface area contributed by atoms with Gasteiger partial charge in [-0.25, -0.2) is 9.78 Å². The summed E-state index contributed by atoms with van der Waals surface area (Å²) in [5.74, 6) is -0.620. The number of carbonyl (C=O) groups is 2. The number of aromatic nitrogens is 2. The highest BCUT2D eigenvalue weighted by molar-refractivity contribution is 6.26. The number of H-pyrrole nitrogens is 1. The van der Waals surface area contributed by atoms with E-state index in [9.17, 15) is 9.59 Å². The molecule has 140 valence electrons. The van der Waals surface area contributed by atoms with Gasteiger partial charge in [0.25, 0.3) is 0 Å². The van der Waals surface area contributed by atoms with Crippen molar-refractivity contribution < 1.29 is 19.1 Å². The Hall–Kier alpha value is -3.09. The SMILES string of the molecule is CCOC(=O)C1=C(N2CCCCC2)OC(=Cc2c[nH]c3ncccc23)C1=O. The minimum Gasteiger partial charge on any atom is -0.462 e. The molecule has 4 heterocycles. The summed E-state index contributed by atoms with van der Waals surface area (Å²) in [5, 5.41) is 0.880. The van der Waals surface area contributed by atoms with Crippen LogP contribution in [0.15, 0.2) is 41.7 Å².